The molecular formula is C19H24F4N4O3. The summed E-state index contributed by atoms with van der Waals surface area (Å²) in [5.41, 5.74) is 4.47. The van der Waals surface area contributed by atoms with Crippen molar-refractivity contribution in [1.29, 1.82) is 0 Å². The van der Waals surface area contributed by atoms with E-state index in [0.717, 1.165) is 0 Å². The zero-order valence-electron chi connectivity index (χ0n) is 17.4. The van der Waals surface area contributed by atoms with E-state index in [2.05, 4.69) is 20.1 Å². The second kappa shape index (κ2) is 10.3. The third-order valence-corrected chi connectivity index (χ3v) is 5.15. The maximum Gasteiger partial charge on any atom is 0.344 e. The van der Waals surface area contributed by atoms with E-state index < -0.39 is 45.9 Å². The van der Waals surface area contributed by atoms with Gasteiger partial charge in [0.25, 0.3) is 0 Å². The van der Waals surface area contributed by atoms with Crippen molar-refractivity contribution >= 4 is 17.6 Å². The average molecular weight is 432 g/mol. The zero-order valence-corrected chi connectivity index (χ0v) is 17.4. The molecule has 1 N–H and O–H groups in total. The molecule has 0 aliphatic rings. The molecule has 1 amide bonds. The van der Waals surface area contributed by atoms with E-state index in [1.165, 1.54) is 0 Å². The lowest BCUT2D eigenvalue weighted by Crippen LogP contribution is -2.43. The first-order valence-corrected chi connectivity index (χ1v) is 9.24. The first kappa shape index (κ1) is 25.2. The van der Waals surface area contributed by atoms with Gasteiger partial charge in [0.2, 0.25) is 5.91 Å². The van der Waals surface area contributed by atoms with Crippen LogP contribution in [0.3, 0.4) is 0 Å². The summed E-state index contributed by atoms with van der Waals surface area (Å²) in [6.07, 6.45) is 0.106. The minimum absolute atomic E-state index is 0.0967. The van der Waals surface area contributed by atoms with Crippen LogP contribution in [0.15, 0.2) is 5.11 Å². The number of benzene rings is 1. The van der Waals surface area contributed by atoms with Gasteiger partial charge in [0.15, 0.2) is 23.3 Å². The van der Waals surface area contributed by atoms with Crippen molar-refractivity contribution in [2.45, 2.75) is 41.0 Å². The minimum atomic E-state index is -2.03. The Balaban J connectivity index is 2.71. The summed E-state index contributed by atoms with van der Waals surface area (Å²) in [5, 5.41) is 5.22. The van der Waals surface area contributed by atoms with Crippen LogP contribution >= 0.6 is 0 Å². The van der Waals surface area contributed by atoms with Crippen LogP contribution in [-0.4, -0.2) is 25.0 Å². The maximum atomic E-state index is 13.9. The van der Waals surface area contributed by atoms with Crippen molar-refractivity contribution < 1.29 is 31.9 Å². The van der Waals surface area contributed by atoms with E-state index in [-0.39, 0.29) is 37.3 Å². The van der Waals surface area contributed by atoms with Crippen LogP contribution in [0.2, 0.25) is 0 Å². The molecule has 0 aromatic heterocycles. The molecule has 11 heteroatoms. The molecule has 1 aromatic rings. The number of rotatable bonds is 9. The van der Waals surface area contributed by atoms with Gasteiger partial charge < -0.3 is 10.1 Å². The second-order valence-electron chi connectivity index (χ2n) is 7.67. The van der Waals surface area contributed by atoms with E-state index in [0.29, 0.717) is 0 Å². The number of halogens is 4. The Bertz CT molecular complexity index is 839. The van der Waals surface area contributed by atoms with Gasteiger partial charge in [-0.15, -0.1) is 0 Å². The van der Waals surface area contributed by atoms with Gasteiger partial charge in [-0.25, -0.2) is 22.4 Å². The van der Waals surface area contributed by atoms with Gasteiger partial charge in [-0.3, -0.25) is 4.79 Å². The summed E-state index contributed by atoms with van der Waals surface area (Å²) in [6.45, 7) is 9.33. The van der Waals surface area contributed by atoms with Crippen molar-refractivity contribution in [3.8, 4) is 0 Å². The molecule has 0 radical (unpaired) electrons. The van der Waals surface area contributed by atoms with E-state index in [9.17, 15) is 27.2 Å². The summed E-state index contributed by atoms with van der Waals surface area (Å²) in [7, 11) is 0. The van der Waals surface area contributed by atoms with Crippen LogP contribution in [0.1, 0.15) is 51.4 Å². The van der Waals surface area contributed by atoms with Crippen LogP contribution in [0.5, 0.6) is 0 Å². The Hall–Kier alpha value is -2.81. The molecule has 0 heterocycles. The summed E-state index contributed by atoms with van der Waals surface area (Å²) in [6, 6.07) is 0. The molecule has 0 spiro atoms. The zero-order chi connectivity index (χ0) is 23.2. The first-order valence-electron chi connectivity index (χ1n) is 9.24. The third kappa shape index (κ3) is 5.41. The Morgan fingerprint density at radius 1 is 1.10 bits per heavy atom. The van der Waals surface area contributed by atoms with Crippen LogP contribution in [0.4, 0.5) is 23.2 Å². The van der Waals surface area contributed by atoms with Gasteiger partial charge in [0, 0.05) is 16.9 Å². The Morgan fingerprint density at radius 3 is 2.10 bits per heavy atom. The lowest BCUT2D eigenvalue weighted by molar-refractivity contribution is -0.132. The van der Waals surface area contributed by atoms with E-state index in [1.54, 1.807) is 0 Å². The smallest absolute Gasteiger partial charge is 0.344 e. The number of nitrogens with zero attached hydrogens (tertiary/aromatic N) is 3. The number of hydrogen-bond acceptors (Lipinski definition) is 4. The highest BCUT2D eigenvalue weighted by molar-refractivity contribution is 5.90. The van der Waals surface area contributed by atoms with Crippen molar-refractivity contribution in [3.63, 3.8) is 0 Å². The summed E-state index contributed by atoms with van der Waals surface area (Å²) >= 11 is 0. The van der Waals surface area contributed by atoms with Gasteiger partial charge in [0.1, 0.15) is 11.3 Å². The lowest BCUT2D eigenvalue weighted by atomic mass is 9.73. The molecule has 1 atom stereocenters. The summed E-state index contributed by atoms with van der Waals surface area (Å²) < 4.78 is 59.9. The fourth-order valence-electron chi connectivity index (χ4n) is 2.71. The fourth-order valence-corrected chi connectivity index (χ4v) is 2.71. The standard InChI is InChI=1S/C19H24F4N4O3/c1-9(2)10(3)19(4,5)18(29)25-7-6-8-30-17(28)11-12(20)14(22)16(26-27-24)15(23)13(11)21/h9-10H,6-8H2,1-5H3,(H,25,29). The van der Waals surface area contributed by atoms with Gasteiger partial charge >= 0.3 is 5.97 Å². The average Bonchev–Trinajstić information content (AvgIpc) is 2.68. The van der Waals surface area contributed by atoms with E-state index in [1.807, 2.05) is 34.6 Å². The number of esters is 1. The first-order chi connectivity index (χ1) is 13.9. The molecule has 30 heavy (non-hydrogen) atoms. The molecule has 0 aliphatic carbocycles. The molecule has 0 fully saturated rings. The van der Waals surface area contributed by atoms with Crippen molar-refractivity contribution in [2.24, 2.45) is 22.4 Å². The molecule has 1 rings (SSSR count). The van der Waals surface area contributed by atoms with Crippen LogP contribution in [0.25, 0.3) is 10.4 Å². The quantitative estimate of drug-likeness (QED) is 0.111. The van der Waals surface area contributed by atoms with Gasteiger partial charge in [-0.1, -0.05) is 39.7 Å². The number of amides is 1. The SMILES string of the molecule is CC(C)C(C)C(C)(C)C(=O)NCCCOC(=O)c1c(F)c(F)c(N=[N+]=[N-])c(F)c1F. The fraction of sp³-hybridized carbons (Fsp3) is 0.579. The van der Waals surface area contributed by atoms with Gasteiger partial charge in [0.05, 0.1) is 6.61 Å². The third-order valence-electron chi connectivity index (χ3n) is 5.15. The highest BCUT2D eigenvalue weighted by Crippen LogP contribution is 2.32. The molecular weight excluding hydrogens is 408 g/mol. The molecule has 1 aromatic carbocycles. The predicted molar refractivity (Wildman–Crippen MR) is 101 cm³/mol. The molecule has 7 nitrogen and oxygen atoms in total. The normalized spacial score (nSPS) is 12.3. The number of nitrogens with one attached hydrogen (secondary N) is 1. The minimum Gasteiger partial charge on any atom is -0.462 e. The molecule has 0 saturated heterocycles. The molecule has 1 unspecified atom stereocenters. The predicted octanol–water partition coefficient (Wildman–Crippen LogP) is 5.17. The molecule has 0 bridgehead atoms. The monoisotopic (exact) mass is 432 g/mol. The maximum absolute atomic E-state index is 13.9. The number of hydrogen-bond donors (Lipinski definition) is 1. The Morgan fingerprint density at radius 2 is 1.63 bits per heavy atom. The summed E-state index contributed by atoms with van der Waals surface area (Å²) in [5.74, 6) is -9.53. The molecule has 0 aliphatic heterocycles. The Kier molecular flexibility index (Phi) is 8.65. The summed E-state index contributed by atoms with van der Waals surface area (Å²) in [4.78, 5) is 26.3. The van der Waals surface area contributed by atoms with Crippen LogP contribution in [0, 0.1) is 40.5 Å². The van der Waals surface area contributed by atoms with Gasteiger partial charge in [-0.2, -0.15) is 0 Å². The molecule has 166 valence electrons. The van der Waals surface area contributed by atoms with E-state index >= 15 is 0 Å². The van der Waals surface area contributed by atoms with Crippen molar-refractivity contribution in [2.75, 3.05) is 13.2 Å². The number of ether oxygens (including phenoxy) is 1. The number of azide groups is 1. The highest BCUT2D eigenvalue weighted by atomic mass is 19.2. The highest BCUT2D eigenvalue weighted by Gasteiger charge is 2.35. The topological polar surface area (TPSA) is 104 Å². The lowest BCUT2D eigenvalue weighted by Gasteiger charge is -2.33. The van der Waals surface area contributed by atoms with Crippen LogP contribution in [-0.2, 0) is 9.53 Å². The number of carbonyl (C=O) groups is 2. The van der Waals surface area contributed by atoms with Crippen LogP contribution < -0.4 is 5.32 Å². The molecule has 0 saturated carbocycles. The number of carbonyl (C=O) groups excluding carboxylic acids is 2. The van der Waals surface area contributed by atoms with E-state index in [4.69, 9.17) is 5.53 Å². The largest absolute Gasteiger partial charge is 0.462 e. The Labute approximate surface area is 171 Å². The van der Waals surface area contributed by atoms with Crippen molar-refractivity contribution in [3.05, 3.63) is 39.3 Å². The second-order valence-corrected chi connectivity index (χ2v) is 7.67. The van der Waals surface area contributed by atoms with Crippen molar-refractivity contribution in [1.82, 2.24) is 5.32 Å². The van der Waals surface area contributed by atoms with Gasteiger partial charge in [-0.05, 0) is 23.8 Å².